The van der Waals surface area contributed by atoms with Crippen LogP contribution in [0.5, 0.6) is 0 Å². The third kappa shape index (κ3) is 5.70. The van der Waals surface area contributed by atoms with Gasteiger partial charge in [-0.15, -0.1) is 0 Å². The molecule has 1 amide bonds. The van der Waals surface area contributed by atoms with Gasteiger partial charge in [-0.2, -0.15) is 0 Å². The molecule has 0 bridgehead atoms. The number of nitrogens with zero attached hydrogens (tertiary/aromatic N) is 3. The van der Waals surface area contributed by atoms with Crippen molar-refractivity contribution in [2.45, 2.75) is 52.2 Å². The summed E-state index contributed by atoms with van der Waals surface area (Å²) in [4.78, 5) is 45.8. The number of hydrogen-bond acceptors (Lipinski definition) is 6. The highest BCUT2D eigenvalue weighted by molar-refractivity contribution is 6.32. The van der Waals surface area contributed by atoms with Crippen molar-refractivity contribution < 1.29 is 14.3 Å². The number of nitrogens with one attached hydrogen (secondary N) is 1. The highest BCUT2D eigenvalue weighted by Gasteiger charge is 2.20. The van der Waals surface area contributed by atoms with Gasteiger partial charge in [-0.1, -0.05) is 37.1 Å². The summed E-state index contributed by atoms with van der Waals surface area (Å²) in [5, 5.41) is 2.71. The molecule has 0 spiro atoms. The Morgan fingerprint density at radius 1 is 1.22 bits per heavy atom. The fraction of sp³-hybridized carbons (Fsp3) is 0.348. The van der Waals surface area contributed by atoms with Crippen molar-refractivity contribution in [2.24, 2.45) is 0 Å². The summed E-state index contributed by atoms with van der Waals surface area (Å²) in [7, 11) is 0. The Bertz CT molecular complexity index is 1180. The Morgan fingerprint density at radius 2 is 2.00 bits per heavy atom. The van der Waals surface area contributed by atoms with Crippen LogP contribution >= 0.6 is 11.6 Å². The standard InChI is InChI=1S/C23H25ClN4O4/c1-3-4-14-28-19-10-6-5-8-16(19)26-18(23(28)31)11-12-20(29)32-15(2)22(30)27-17-9-7-13-25-21(17)24/h5-10,13,15H,3-4,11-12,14H2,1-2H3,(H,27,30). The Hall–Kier alpha value is -3.26. The van der Waals surface area contributed by atoms with Gasteiger partial charge in [0.2, 0.25) is 0 Å². The number of rotatable bonds is 9. The number of ether oxygens (including phenoxy) is 1. The Kier molecular flexibility index (Phi) is 7.94. The first-order chi connectivity index (χ1) is 15.4. The number of carbonyl (C=O) groups excluding carboxylic acids is 2. The molecule has 9 heteroatoms. The maximum atomic E-state index is 12.9. The van der Waals surface area contributed by atoms with Crippen molar-refractivity contribution in [3.63, 3.8) is 0 Å². The lowest BCUT2D eigenvalue weighted by Gasteiger charge is -2.14. The Balaban J connectivity index is 1.65. The number of esters is 1. The molecular weight excluding hydrogens is 432 g/mol. The molecule has 0 aliphatic heterocycles. The molecule has 3 aromatic rings. The first-order valence-corrected chi connectivity index (χ1v) is 10.9. The van der Waals surface area contributed by atoms with Crippen molar-refractivity contribution >= 4 is 40.2 Å². The number of hydrogen-bond donors (Lipinski definition) is 1. The summed E-state index contributed by atoms with van der Waals surface area (Å²) in [5.41, 5.74) is 1.90. The monoisotopic (exact) mass is 456 g/mol. The second-order valence-electron chi connectivity index (χ2n) is 7.32. The molecule has 2 heterocycles. The van der Waals surface area contributed by atoms with E-state index in [-0.39, 0.29) is 23.6 Å². The number of para-hydroxylation sites is 2. The summed E-state index contributed by atoms with van der Waals surface area (Å²) in [6.45, 7) is 4.11. The SMILES string of the molecule is CCCCn1c(=O)c(CCC(=O)OC(C)C(=O)Nc2cccnc2Cl)nc2ccccc21. The smallest absolute Gasteiger partial charge is 0.306 e. The minimum Gasteiger partial charge on any atom is -0.453 e. The Labute approximate surface area is 190 Å². The van der Waals surface area contributed by atoms with E-state index in [0.29, 0.717) is 23.4 Å². The van der Waals surface area contributed by atoms with Gasteiger partial charge in [0.15, 0.2) is 11.3 Å². The molecule has 1 atom stereocenters. The number of carbonyl (C=O) groups is 2. The summed E-state index contributed by atoms with van der Waals surface area (Å²) in [6.07, 6.45) is 2.33. The lowest BCUT2D eigenvalue weighted by atomic mass is 10.2. The Morgan fingerprint density at radius 3 is 2.75 bits per heavy atom. The zero-order valence-electron chi connectivity index (χ0n) is 18.0. The van der Waals surface area contributed by atoms with E-state index in [0.717, 1.165) is 18.4 Å². The van der Waals surface area contributed by atoms with Gasteiger partial charge in [-0.25, -0.2) is 9.97 Å². The van der Waals surface area contributed by atoms with Crippen LogP contribution in [-0.4, -0.2) is 32.5 Å². The lowest BCUT2D eigenvalue weighted by molar-refractivity contribution is -0.153. The predicted molar refractivity (Wildman–Crippen MR) is 123 cm³/mol. The van der Waals surface area contributed by atoms with Gasteiger partial charge >= 0.3 is 5.97 Å². The molecule has 168 valence electrons. The van der Waals surface area contributed by atoms with Crippen molar-refractivity contribution in [3.8, 4) is 0 Å². The number of aryl methyl sites for hydroxylation is 2. The van der Waals surface area contributed by atoms with Gasteiger partial charge in [-0.3, -0.25) is 14.4 Å². The molecule has 0 fully saturated rings. The summed E-state index contributed by atoms with van der Waals surface area (Å²) < 4.78 is 6.93. The molecule has 1 aromatic carbocycles. The fourth-order valence-electron chi connectivity index (χ4n) is 3.19. The number of unbranched alkanes of at least 4 members (excludes halogenated alkanes) is 1. The van der Waals surface area contributed by atoms with Crippen LogP contribution in [0.15, 0.2) is 47.4 Å². The first kappa shape index (κ1) is 23.4. The van der Waals surface area contributed by atoms with Crippen LogP contribution in [0.25, 0.3) is 11.0 Å². The van der Waals surface area contributed by atoms with Crippen molar-refractivity contribution in [1.29, 1.82) is 0 Å². The summed E-state index contributed by atoms with van der Waals surface area (Å²) in [6, 6.07) is 10.7. The van der Waals surface area contributed by atoms with E-state index < -0.39 is 18.0 Å². The zero-order valence-corrected chi connectivity index (χ0v) is 18.8. The summed E-state index contributed by atoms with van der Waals surface area (Å²) >= 11 is 5.92. The molecule has 0 saturated heterocycles. The number of aromatic nitrogens is 3. The topological polar surface area (TPSA) is 103 Å². The van der Waals surface area contributed by atoms with Gasteiger partial charge in [-0.05, 0) is 37.6 Å². The van der Waals surface area contributed by atoms with E-state index in [9.17, 15) is 14.4 Å². The molecule has 1 unspecified atom stereocenters. The van der Waals surface area contributed by atoms with Crippen molar-refractivity contribution in [2.75, 3.05) is 5.32 Å². The van der Waals surface area contributed by atoms with Gasteiger partial charge in [0.05, 0.1) is 23.1 Å². The van der Waals surface area contributed by atoms with E-state index in [4.69, 9.17) is 16.3 Å². The number of halogens is 1. The predicted octanol–water partition coefficient (Wildman–Crippen LogP) is 3.75. The third-order valence-electron chi connectivity index (χ3n) is 4.92. The van der Waals surface area contributed by atoms with E-state index in [1.54, 1.807) is 16.7 Å². The van der Waals surface area contributed by atoms with Gasteiger partial charge < -0.3 is 14.6 Å². The average Bonchev–Trinajstić information content (AvgIpc) is 2.78. The molecule has 0 saturated carbocycles. The van der Waals surface area contributed by atoms with Crippen LogP contribution in [0.1, 0.15) is 38.8 Å². The van der Waals surface area contributed by atoms with E-state index in [1.807, 2.05) is 24.3 Å². The average molecular weight is 457 g/mol. The maximum absolute atomic E-state index is 12.9. The quantitative estimate of drug-likeness (QED) is 0.388. The molecule has 0 aliphatic rings. The molecule has 8 nitrogen and oxygen atoms in total. The van der Waals surface area contributed by atoms with E-state index >= 15 is 0 Å². The summed E-state index contributed by atoms with van der Waals surface area (Å²) in [5.74, 6) is -1.13. The van der Waals surface area contributed by atoms with Gasteiger partial charge in [0, 0.05) is 19.2 Å². The first-order valence-electron chi connectivity index (χ1n) is 10.5. The number of pyridine rings is 1. The van der Waals surface area contributed by atoms with Crippen LogP contribution in [0.2, 0.25) is 5.15 Å². The zero-order chi connectivity index (χ0) is 23.1. The molecule has 0 radical (unpaired) electrons. The minimum atomic E-state index is -1.04. The second-order valence-corrected chi connectivity index (χ2v) is 7.68. The number of anilines is 1. The molecule has 0 aliphatic carbocycles. The second kappa shape index (κ2) is 10.9. The third-order valence-corrected chi connectivity index (χ3v) is 5.22. The molecule has 2 aromatic heterocycles. The molecule has 3 rings (SSSR count). The lowest BCUT2D eigenvalue weighted by Crippen LogP contribution is -2.31. The fourth-order valence-corrected chi connectivity index (χ4v) is 3.36. The number of fused-ring (bicyclic) bond motifs is 1. The highest BCUT2D eigenvalue weighted by Crippen LogP contribution is 2.18. The van der Waals surface area contributed by atoms with Crippen LogP contribution in [0.3, 0.4) is 0 Å². The largest absolute Gasteiger partial charge is 0.453 e. The van der Waals surface area contributed by atoms with Gasteiger partial charge in [0.25, 0.3) is 11.5 Å². The van der Waals surface area contributed by atoms with Gasteiger partial charge in [0.1, 0.15) is 5.69 Å². The van der Waals surface area contributed by atoms with E-state index in [2.05, 4.69) is 22.2 Å². The van der Waals surface area contributed by atoms with Crippen LogP contribution < -0.4 is 10.9 Å². The maximum Gasteiger partial charge on any atom is 0.306 e. The molecule has 32 heavy (non-hydrogen) atoms. The van der Waals surface area contributed by atoms with E-state index in [1.165, 1.54) is 13.1 Å². The number of amides is 1. The molecular formula is C23H25ClN4O4. The van der Waals surface area contributed by atoms with Crippen LogP contribution in [0, 0.1) is 0 Å². The molecule has 1 N–H and O–H groups in total. The van der Waals surface area contributed by atoms with Crippen LogP contribution in [-0.2, 0) is 27.3 Å². The highest BCUT2D eigenvalue weighted by atomic mass is 35.5. The number of benzene rings is 1. The normalized spacial score (nSPS) is 11.8. The van der Waals surface area contributed by atoms with Crippen LogP contribution in [0.4, 0.5) is 5.69 Å². The van der Waals surface area contributed by atoms with Crippen molar-refractivity contribution in [1.82, 2.24) is 14.5 Å². The van der Waals surface area contributed by atoms with Crippen molar-refractivity contribution in [3.05, 3.63) is 63.8 Å². The minimum absolute atomic E-state index is 0.0698.